The fourth-order valence-electron chi connectivity index (χ4n) is 1.88. The Bertz CT molecular complexity index is 86.0. The fourth-order valence-corrected chi connectivity index (χ4v) is 1.88. The molecule has 0 aromatic carbocycles. The fraction of sp³-hybridized carbons (Fsp3) is 0.846. The first-order valence-corrected chi connectivity index (χ1v) is 5.93. The average Bonchev–Trinajstić information content (AvgIpc) is 2.14. The summed E-state index contributed by atoms with van der Waals surface area (Å²) in [7, 11) is 0. The van der Waals surface area contributed by atoms with E-state index in [4.69, 9.17) is 0 Å². The molecule has 0 spiro atoms. The van der Waals surface area contributed by atoms with Crippen molar-refractivity contribution >= 4 is 0 Å². The van der Waals surface area contributed by atoms with E-state index in [0.717, 1.165) is 18.8 Å². The molecule has 0 fully saturated rings. The highest BCUT2D eigenvalue weighted by molar-refractivity contribution is 4.60. The monoisotopic (exact) mass is 182 g/mol. The second-order valence-corrected chi connectivity index (χ2v) is 4.00. The van der Waals surface area contributed by atoms with Crippen LogP contribution in [0.3, 0.4) is 0 Å². The van der Waals surface area contributed by atoms with Gasteiger partial charge in [-0.3, -0.25) is 0 Å². The van der Waals surface area contributed by atoms with E-state index in [1.165, 1.54) is 44.9 Å². The topological polar surface area (TPSA) is 0 Å². The summed E-state index contributed by atoms with van der Waals surface area (Å²) in [6, 6.07) is 0. The van der Waals surface area contributed by atoms with E-state index in [1.807, 2.05) is 0 Å². The molecule has 0 aromatic rings. The first-order chi connectivity index (χ1) is 6.35. The molecule has 0 bridgehead atoms. The van der Waals surface area contributed by atoms with Gasteiger partial charge in [-0.05, 0) is 5.92 Å². The summed E-state index contributed by atoms with van der Waals surface area (Å²) in [5, 5.41) is 0. The lowest BCUT2D eigenvalue weighted by Crippen LogP contribution is -2.00. The molecule has 0 heterocycles. The standard InChI is InChI=1S/C13H26/c1-4-7-9-12-13(10-6-3)11-8-5-2/h13H,1-2,4-12H2,3H3. The van der Waals surface area contributed by atoms with Crippen LogP contribution in [0.5, 0.6) is 0 Å². The Kier molecular flexibility index (Phi) is 10.1. The van der Waals surface area contributed by atoms with Gasteiger partial charge in [0.1, 0.15) is 0 Å². The van der Waals surface area contributed by atoms with Crippen LogP contribution in [0.1, 0.15) is 64.7 Å². The summed E-state index contributed by atoms with van der Waals surface area (Å²) >= 11 is 0. The molecule has 78 valence electrons. The lowest BCUT2D eigenvalue weighted by atomic mass is 9.92. The zero-order valence-corrected chi connectivity index (χ0v) is 9.36. The summed E-state index contributed by atoms with van der Waals surface area (Å²) < 4.78 is 0. The van der Waals surface area contributed by atoms with Crippen LogP contribution in [0.25, 0.3) is 0 Å². The van der Waals surface area contributed by atoms with Crippen molar-refractivity contribution in [2.24, 2.45) is 5.92 Å². The number of hydrogen-bond acceptors (Lipinski definition) is 0. The normalized spacial score (nSPS) is 13.2. The van der Waals surface area contributed by atoms with Gasteiger partial charge in [0.15, 0.2) is 0 Å². The number of rotatable bonds is 9. The molecule has 0 amide bonds. The van der Waals surface area contributed by atoms with Gasteiger partial charge in [-0.1, -0.05) is 78.6 Å². The largest absolute Gasteiger partial charge is 0.0654 e. The molecular weight excluding hydrogens is 156 g/mol. The molecule has 1 atom stereocenters. The van der Waals surface area contributed by atoms with E-state index in [1.54, 1.807) is 0 Å². The molecule has 2 radical (unpaired) electrons. The Morgan fingerprint density at radius 1 is 0.846 bits per heavy atom. The Balaban J connectivity index is 3.41. The van der Waals surface area contributed by atoms with E-state index in [-0.39, 0.29) is 0 Å². The van der Waals surface area contributed by atoms with Crippen LogP contribution in [0.4, 0.5) is 0 Å². The molecule has 0 heteroatoms. The molecule has 0 aliphatic carbocycles. The van der Waals surface area contributed by atoms with Gasteiger partial charge >= 0.3 is 0 Å². The van der Waals surface area contributed by atoms with Gasteiger partial charge in [-0.15, -0.1) is 0 Å². The molecule has 0 N–H and O–H groups in total. The van der Waals surface area contributed by atoms with Crippen molar-refractivity contribution in [3.63, 3.8) is 0 Å². The maximum absolute atomic E-state index is 3.90. The Labute approximate surface area is 85.1 Å². The van der Waals surface area contributed by atoms with Gasteiger partial charge in [-0.2, -0.15) is 0 Å². The highest BCUT2D eigenvalue weighted by Crippen LogP contribution is 2.21. The lowest BCUT2D eigenvalue weighted by Gasteiger charge is -2.14. The summed E-state index contributed by atoms with van der Waals surface area (Å²) in [5.41, 5.74) is 0. The van der Waals surface area contributed by atoms with Gasteiger partial charge < -0.3 is 0 Å². The summed E-state index contributed by atoms with van der Waals surface area (Å²) in [5.74, 6) is 0.971. The minimum absolute atomic E-state index is 0.971. The van der Waals surface area contributed by atoms with Crippen LogP contribution in [-0.4, -0.2) is 0 Å². The van der Waals surface area contributed by atoms with Crippen molar-refractivity contribution in [3.8, 4) is 0 Å². The van der Waals surface area contributed by atoms with Gasteiger partial charge in [0.2, 0.25) is 0 Å². The minimum atomic E-state index is 0.971. The van der Waals surface area contributed by atoms with Crippen molar-refractivity contribution < 1.29 is 0 Å². The highest BCUT2D eigenvalue weighted by Gasteiger charge is 2.05. The smallest absolute Gasteiger partial charge is 0.0414 e. The van der Waals surface area contributed by atoms with E-state index in [0.29, 0.717) is 0 Å². The minimum Gasteiger partial charge on any atom is -0.0654 e. The average molecular weight is 182 g/mol. The van der Waals surface area contributed by atoms with Crippen LogP contribution in [0.15, 0.2) is 0 Å². The Hall–Kier alpha value is 0. The van der Waals surface area contributed by atoms with Gasteiger partial charge in [0.25, 0.3) is 0 Å². The zero-order chi connectivity index (χ0) is 9.94. The van der Waals surface area contributed by atoms with E-state index in [9.17, 15) is 0 Å². The van der Waals surface area contributed by atoms with Crippen molar-refractivity contribution in [2.75, 3.05) is 0 Å². The van der Waals surface area contributed by atoms with Crippen LogP contribution < -0.4 is 0 Å². The predicted octanol–water partition coefficient (Wildman–Crippen LogP) is 4.80. The van der Waals surface area contributed by atoms with Gasteiger partial charge in [0, 0.05) is 0 Å². The van der Waals surface area contributed by atoms with Crippen LogP contribution in [0.2, 0.25) is 0 Å². The third-order valence-corrected chi connectivity index (χ3v) is 2.67. The Morgan fingerprint density at radius 3 is 2.00 bits per heavy atom. The second kappa shape index (κ2) is 10.1. The highest BCUT2D eigenvalue weighted by atomic mass is 14.1. The lowest BCUT2D eigenvalue weighted by molar-refractivity contribution is 0.390. The van der Waals surface area contributed by atoms with E-state index in [2.05, 4.69) is 20.8 Å². The van der Waals surface area contributed by atoms with E-state index < -0.39 is 0 Å². The molecule has 1 unspecified atom stereocenters. The molecule has 0 aliphatic heterocycles. The van der Waals surface area contributed by atoms with Crippen LogP contribution >= 0.6 is 0 Å². The molecule has 0 rings (SSSR count). The summed E-state index contributed by atoms with van der Waals surface area (Å²) in [6.45, 7) is 10.1. The second-order valence-electron chi connectivity index (χ2n) is 4.00. The first-order valence-electron chi connectivity index (χ1n) is 5.93. The van der Waals surface area contributed by atoms with Gasteiger partial charge in [-0.25, -0.2) is 0 Å². The van der Waals surface area contributed by atoms with Crippen molar-refractivity contribution in [3.05, 3.63) is 13.8 Å². The third-order valence-electron chi connectivity index (χ3n) is 2.67. The Morgan fingerprint density at radius 2 is 1.46 bits per heavy atom. The number of unbranched alkanes of at least 4 members (excludes halogenated alkanes) is 3. The van der Waals surface area contributed by atoms with Crippen molar-refractivity contribution in [2.45, 2.75) is 64.7 Å². The summed E-state index contributed by atoms with van der Waals surface area (Å²) in [4.78, 5) is 0. The molecule has 0 saturated carbocycles. The van der Waals surface area contributed by atoms with Crippen molar-refractivity contribution in [1.29, 1.82) is 0 Å². The maximum atomic E-state index is 3.90. The predicted molar refractivity (Wildman–Crippen MR) is 61.4 cm³/mol. The zero-order valence-electron chi connectivity index (χ0n) is 9.36. The van der Waals surface area contributed by atoms with Crippen molar-refractivity contribution in [1.82, 2.24) is 0 Å². The molecule has 0 aliphatic rings. The van der Waals surface area contributed by atoms with Gasteiger partial charge in [0.05, 0.1) is 0 Å². The molecule has 13 heavy (non-hydrogen) atoms. The molecule has 0 saturated heterocycles. The first kappa shape index (κ1) is 13.0. The van der Waals surface area contributed by atoms with Crippen LogP contribution in [-0.2, 0) is 0 Å². The van der Waals surface area contributed by atoms with Crippen LogP contribution in [0, 0.1) is 19.8 Å². The quantitative estimate of drug-likeness (QED) is 0.449. The molecular formula is C13H26. The third kappa shape index (κ3) is 8.33. The van der Waals surface area contributed by atoms with E-state index >= 15 is 0 Å². The summed E-state index contributed by atoms with van der Waals surface area (Å²) in [6.07, 6.45) is 11.8. The number of hydrogen-bond donors (Lipinski definition) is 0. The maximum Gasteiger partial charge on any atom is -0.0414 e. The molecule has 0 nitrogen and oxygen atoms in total. The SMILES string of the molecule is [CH2]CCCCC(CCC)CCC[CH2]. The molecule has 0 aromatic heterocycles.